The minimum atomic E-state index is 0.134. The van der Waals surface area contributed by atoms with Gasteiger partial charge in [0.15, 0.2) is 0 Å². The van der Waals surface area contributed by atoms with Crippen LogP contribution in [0.5, 0.6) is 28.7 Å². The number of phenols is 3. The number of benzene rings is 3. The van der Waals surface area contributed by atoms with Crippen molar-refractivity contribution in [2.75, 3.05) is 0 Å². The van der Waals surface area contributed by atoms with Crippen molar-refractivity contribution in [3.05, 3.63) is 82.4 Å². The zero-order valence-corrected chi connectivity index (χ0v) is 20.1. The molecule has 0 fully saturated rings. The number of hydrogen-bond acceptors (Lipinski definition) is 4. The van der Waals surface area contributed by atoms with E-state index in [1.807, 2.05) is 45.0 Å². The Morgan fingerprint density at radius 2 is 1.64 bits per heavy atom. The van der Waals surface area contributed by atoms with Gasteiger partial charge >= 0.3 is 0 Å². The molecule has 0 saturated heterocycles. The minimum absolute atomic E-state index is 0.134. The van der Waals surface area contributed by atoms with Crippen LogP contribution in [0.4, 0.5) is 0 Å². The van der Waals surface area contributed by atoms with Crippen LogP contribution in [-0.4, -0.2) is 15.3 Å². The van der Waals surface area contributed by atoms with Crippen molar-refractivity contribution in [2.45, 2.75) is 53.9 Å². The quantitative estimate of drug-likeness (QED) is 0.332. The summed E-state index contributed by atoms with van der Waals surface area (Å²) in [6.45, 7) is 10.2. The molecule has 33 heavy (non-hydrogen) atoms. The van der Waals surface area contributed by atoms with Crippen molar-refractivity contribution in [3.8, 4) is 28.7 Å². The van der Waals surface area contributed by atoms with Gasteiger partial charge in [0.25, 0.3) is 0 Å². The number of aromatic hydroxyl groups is 3. The first-order chi connectivity index (χ1) is 15.6. The van der Waals surface area contributed by atoms with Gasteiger partial charge in [-0.2, -0.15) is 0 Å². The Kier molecular flexibility index (Phi) is 7.70. The van der Waals surface area contributed by atoms with E-state index in [9.17, 15) is 15.3 Å². The normalized spacial score (nSPS) is 11.8. The molecule has 3 rings (SSSR count). The number of ether oxygens (including phenoxy) is 1. The molecule has 0 aliphatic rings. The van der Waals surface area contributed by atoms with Crippen molar-refractivity contribution in [2.24, 2.45) is 5.92 Å². The predicted molar refractivity (Wildman–Crippen MR) is 134 cm³/mol. The van der Waals surface area contributed by atoms with Crippen LogP contribution < -0.4 is 4.74 Å². The van der Waals surface area contributed by atoms with Gasteiger partial charge in [0, 0.05) is 29.7 Å². The highest BCUT2D eigenvalue weighted by atomic mass is 16.5. The van der Waals surface area contributed by atoms with E-state index in [-0.39, 0.29) is 17.2 Å². The van der Waals surface area contributed by atoms with Crippen molar-refractivity contribution in [1.29, 1.82) is 0 Å². The molecule has 3 N–H and O–H groups in total. The molecular formula is C29H34O4. The number of allylic oxidation sites excluding steroid dienone is 2. The van der Waals surface area contributed by atoms with E-state index < -0.39 is 0 Å². The first-order valence-electron chi connectivity index (χ1n) is 11.4. The van der Waals surface area contributed by atoms with Gasteiger partial charge in [-0.15, -0.1) is 0 Å². The number of aryl methyl sites for hydroxylation is 2. The smallest absolute Gasteiger partial charge is 0.131 e. The molecule has 4 nitrogen and oxygen atoms in total. The van der Waals surface area contributed by atoms with Crippen LogP contribution in [0.25, 0.3) is 5.57 Å². The van der Waals surface area contributed by atoms with Crippen LogP contribution in [0.15, 0.2) is 54.6 Å². The maximum atomic E-state index is 10.7. The zero-order chi connectivity index (χ0) is 24.1. The van der Waals surface area contributed by atoms with E-state index in [4.69, 9.17) is 4.74 Å². The van der Waals surface area contributed by atoms with Crippen molar-refractivity contribution < 1.29 is 20.1 Å². The SMILES string of the molecule is C/C(=C\CCC(C)C)c1ccc(Cc2c(C)cc(Oc3cc(C)cc(O)c3)cc2O)cc1O. The fourth-order valence-electron chi connectivity index (χ4n) is 3.95. The highest BCUT2D eigenvalue weighted by Gasteiger charge is 2.12. The summed E-state index contributed by atoms with van der Waals surface area (Å²) in [7, 11) is 0. The van der Waals surface area contributed by atoms with Crippen LogP contribution >= 0.6 is 0 Å². The lowest BCUT2D eigenvalue weighted by atomic mass is 9.96. The topological polar surface area (TPSA) is 69.9 Å². The molecule has 0 amide bonds. The average molecular weight is 447 g/mol. The molecule has 0 aliphatic carbocycles. The first-order valence-corrected chi connectivity index (χ1v) is 11.4. The molecule has 0 atom stereocenters. The second-order valence-electron chi connectivity index (χ2n) is 9.23. The molecule has 0 bridgehead atoms. The zero-order valence-electron chi connectivity index (χ0n) is 20.1. The Hall–Kier alpha value is -3.40. The Bertz CT molecular complexity index is 1120. The van der Waals surface area contributed by atoms with E-state index in [0.29, 0.717) is 23.8 Å². The van der Waals surface area contributed by atoms with E-state index in [1.165, 1.54) is 6.07 Å². The first kappa shape index (κ1) is 24.2. The number of hydrogen-bond donors (Lipinski definition) is 3. The molecule has 0 heterocycles. The highest BCUT2D eigenvalue weighted by Crippen LogP contribution is 2.34. The molecule has 0 radical (unpaired) electrons. The second kappa shape index (κ2) is 10.5. The summed E-state index contributed by atoms with van der Waals surface area (Å²) in [6.07, 6.45) is 4.79. The third-order valence-corrected chi connectivity index (χ3v) is 5.76. The van der Waals surface area contributed by atoms with Crippen molar-refractivity contribution in [1.82, 2.24) is 0 Å². The number of phenolic OH excluding ortho intramolecular Hbond substituents is 3. The summed E-state index contributed by atoms with van der Waals surface area (Å²) >= 11 is 0. The van der Waals surface area contributed by atoms with Crippen LogP contribution in [0.1, 0.15) is 61.4 Å². The summed E-state index contributed by atoms with van der Waals surface area (Å²) < 4.78 is 5.85. The molecule has 0 aromatic heterocycles. The van der Waals surface area contributed by atoms with Crippen molar-refractivity contribution in [3.63, 3.8) is 0 Å². The Labute approximate surface area is 196 Å². The molecule has 0 saturated carbocycles. The second-order valence-corrected chi connectivity index (χ2v) is 9.23. The predicted octanol–water partition coefficient (Wildman–Crippen LogP) is 7.64. The van der Waals surface area contributed by atoms with Crippen LogP contribution in [0, 0.1) is 19.8 Å². The van der Waals surface area contributed by atoms with Gasteiger partial charge in [0.1, 0.15) is 28.7 Å². The molecule has 0 aliphatic heterocycles. The molecule has 0 spiro atoms. The summed E-state index contributed by atoms with van der Waals surface area (Å²) in [5.74, 6) is 2.19. The monoisotopic (exact) mass is 446 g/mol. The lowest BCUT2D eigenvalue weighted by molar-refractivity contribution is 0.442. The highest BCUT2D eigenvalue weighted by molar-refractivity contribution is 5.69. The van der Waals surface area contributed by atoms with Gasteiger partial charge in [-0.05, 0) is 86.1 Å². The van der Waals surface area contributed by atoms with E-state index in [0.717, 1.165) is 46.2 Å². The van der Waals surface area contributed by atoms with Gasteiger partial charge < -0.3 is 20.1 Å². The molecule has 3 aromatic rings. The molecule has 3 aromatic carbocycles. The van der Waals surface area contributed by atoms with Crippen LogP contribution in [-0.2, 0) is 6.42 Å². The molecule has 4 heteroatoms. The van der Waals surface area contributed by atoms with Gasteiger partial charge in [0.2, 0.25) is 0 Å². The van der Waals surface area contributed by atoms with Gasteiger partial charge in [0.05, 0.1) is 0 Å². The molecule has 174 valence electrons. The molecule has 0 unspecified atom stereocenters. The Balaban J connectivity index is 1.77. The van der Waals surface area contributed by atoms with Gasteiger partial charge in [-0.25, -0.2) is 0 Å². The van der Waals surface area contributed by atoms with Crippen molar-refractivity contribution >= 4 is 5.57 Å². The standard InChI is InChI=1S/C29H34O4/c1-18(2)7-6-8-20(4)26-10-9-22(15-28(26)31)14-27-21(5)13-25(17-29(27)32)33-24-12-19(3)11-23(30)16-24/h8-13,15-18,30-32H,6-7,14H2,1-5H3/b20-8+. The molecular weight excluding hydrogens is 412 g/mol. The van der Waals surface area contributed by atoms with Gasteiger partial charge in [-0.1, -0.05) is 32.1 Å². The lowest BCUT2D eigenvalue weighted by Gasteiger charge is -2.14. The largest absolute Gasteiger partial charge is 0.508 e. The number of rotatable bonds is 8. The fourth-order valence-corrected chi connectivity index (χ4v) is 3.95. The average Bonchev–Trinajstić information content (AvgIpc) is 2.69. The van der Waals surface area contributed by atoms with Crippen LogP contribution in [0.2, 0.25) is 0 Å². The Morgan fingerprint density at radius 3 is 2.27 bits per heavy atom. The van der Waals surface area contributed by atoms with Gasteiger partial charge in [-0.3, -0.25) is 0 Å². The van der Waals surface area contributed by atoms with Crippen LogP contribution in [0.3, 0.4) is 0 Å². The summed E-state index contributed by atoms with van der Waals surface area (Å²) in [6, 6.07) is 14.2. The maximum Gasteiger partial charge on any atom is 0.131 e. The summed E-state index contributed by atoms with van der Waals surface area (Å²) in [5, 5.41) is 31.0. The van der Waals surface area contributed by atoms with E-state index >= 15 is 0 Å². The third-order valence-electron chi connectivity index (χ3n) is 5.76. The minimum Gasteiger partial charge on any atom is -0.508 e. The third kappa shape index (κ3) is 6.55. The van der Waals surface area contributed by atoms with E-state index in [2.05, 4.69) is 19.9 Å². The Morgan fingerprint density at radius 1 is 0.909 bits per heavy atom. The van der Waals surface area contributed by atoms with E-state index in [1.54, 1.807) is 18.2 Å². The lowest BCUT2D eigenvalue weighted by Crippen LogP contribution is -1.95. The maximum absolute atomic E-state index is 10.7. The fraction of sp³-hybridized carbons (Fsp3) is 0.310. The summed E-state index contributed by atoms with van der Waals surface area (Å²) in [4.78, 5) is 0. The summed E-state index contributed by atoms with van der Waals surface area (Å²) in [5.41, 5.74) is 5.38.